The first-order chi connectivity index (χ1) is 9.54. The minimum Gasteiger partial charge on any atom is -0.460 e. The molecule has 108 valence electrons. The summed E-state index contributed by atoms with van der Waals surface area (Å²) in [4.78, 5) is 2.48. The molecule has 0 aliphatic carbocycles. The summed E-state index contributed by atoms with van der Waals surface area (Å²) in [6, 6.07) is 8.38. The van der Waals surface area contributed by atoms with Crippen molar-refractivity contribution in [2.24, 2.45) is 0 Å². The predicted molar refractivity (Wildman–Crippen MR) is 79.6 cm³/mol. The van der Waals surface area contributed by atoms with Crippen LogP contribution in [-0.2, 0) is 0 Å². The van der Waals surface area contributed by atoms with Gasteiger partial charge in [0.25, 0.3) is 0 Å². The lowest BCUT2D eigenvalue weighted by Crippen LogP contribution is -2.34. The number of fused-ring (bicyclic) bond motifs is 1. The van der Waals surface area contributed by atoms with Gasteiger partial charge in [-0.25, -0.2) is 0 Å². The lowest BCUT2D eigenvalue weighted by atomic mass is 9.99. The maximum Gasteiger partial charge on any atom is 0.132 e. The molecule has 20 heavy (non-hydrogen) atoms. The molecule has 2 heterocycles. The van der Waals surface area contributed by atoms with Crippen LogP contribution >= 0.6 is 0 Å². The fourth-order valence-electron chi connectivity index (χ4n) is 3.15. The van der Waals surface area contributed by atoms with Crippen LogP contribution in [0, 0.1) is 0 Å². The quantitative estimate of drug-likeness (QED) is 0.897. The first-order valence-electron chi connectivity index (χ1n) is 7.50. The van der Waals surface area contributed by atoms with Crippen LogP contribution in [0.4, 0.5) is 0 Å². The topological polar surface area (TPSA) is 32.7 Å². The van der Waals surface area contributed by atoms with Gasteiger partial charge in [-0.15, -0.1) is 0 Å². The molecule has 3 heteroatoms. The molecule has 0 aromatic heterocycles. The minimum atomic E-state index is -0.856. The monoisotopic (exact) mass is 273 g/mol. The van der Waals surface area contributed by atoms with Crippen LogP contribution < -0.4 is 4.74 Å². The third-order valence-corrected chi connectivity index (χ3v) is 3.96. The maximum absolute atomic E-state index is 10.1. The summed E-state index contributed by atoms with van der Waals surface area (Å²) in [5.74, 6) is 1.80. The summed E-state index contributed by atoms with van der Waals surface area (Å²) in [5, 5.41) is 10.1. The Hall–Kier alpha value is -1.32. The Kier molecular flexibility index (Phi) is 3.57. The van der Waals surface area contributed by atoms with Crippen LogP contribution in [-0.4, -0.2) is 28.7 Å². The van der Waals surface area contributed by atoms with Crippen molar-refractivity contribution in [2.45, 2.75) is 44.8 Å². The summed E-state index contributed by atoms with van der Waals surface area (Å²) in [6.45, 7) is 5.79. The van der Waals surface area contributed by atoms with Gasteiger partial charge in [0.05, 0.1) is 11.6 Å². The average Bonchev–Trinajstić information content (AvgIpc) is 2.75. The van der Waals surface area contributed by atoms with Gasteiger partial charge in [-0.3, -0.25) is 4.90 Å². The molecule has 0 bridgehead atoms. The van der Waals surface area contributed by atoms with E-state index in [1.807, 2.05) is 18.2 Å². The van der Waals surface area contributed by atoms with E-state index in [4.69, 9.17) is 4.74 Å². The summed E-state index contributed by atoms with van der Waals surface area (Å²) >= 11 is 0. The molecule has 0 amide bonds. The number of likely N-dealkylation sites (tertiary alicyclic amines) is 1. The van der Waals surface area contributed by atoms with Crippen LogP contribution in [0.5, 0.6) is 5.75 Å². The Balaban J connectivity index is 1.97. The smallest absolute Gasteiger partial charge is 0.132 e. The van der Waals surface area contributed by atoms with Crippen molar-refractivity contribution in [3.8, 4) is 5.75 Å². The minimum absolute atomic E-state index is 0.165. The van der Waals surface area contributed by atoms with Crippen molar-refractivity contribution in [1.82, 2.24) is 4.90 Å². The van der Waals surface area contributed by atoms with Crippen LogP contribution in [0.15, 0.2) is 36.1 Å². The Morgan fingerprint density at radius 1 is 1.20 bits per heavy atom. The molecule has 2 aliphatic heterocycles. The summed E-state index contributed by atoms with van der Waals surface area (Å²) < 4.78 is 6.01. The average molecular weight is 273 g/mol. The van der Waals surface area contributed by atoms with Gasteiger partial charge in [-0.2, -0.15) is 0 Å². The number of nitrogens with zero attached hydrogens (tertiary/aromatic N) is 1. The molecule has 1 atom stereocenters. The molecule has 1 aromatic rings. The molecule has 1 saturated heterocycles. The van der Waals surface area contributed by atoms with E-state index < -0.39 is 5.60 Å². The van der Waals surface area contributed by atoms with Gasteiger partial charge in [0, 0.05) is 5.56 Å². The highest BCUT2D eigenvalue weighted by Crippen LogP contribution is 2.43. The Morgan fingerprint density at radius 3 is 2.60 bits per heavy atom. The molecule has 2 aliphatic rings. The highest BCUT2D eigenvalue weighted by molar-refractivity contribution is 5.46. The van der Waals surface area contributed by atoms with Gasteiger partial charge >= 0.3 is 0 Å². The molecule has 3 nitrogen and oxygen atoms in total. The number of piperidine rings is 1. The molecule has 0 unspecified atom stereocenters. The molecular formula is C17H23NO2. The van der Waals surface area contributed by atoms with Gasteiger partial charge in [-0.1, -0.05) is 24.6 Å². The molecule has 0 saturated carbocycles. The highest BCUT2D eigenvalue weighted by Gasteiger charge is 2.35. The van der Waals surface area contributed by atoms with Crippen molar-refractivity contribution in [1.29, 1.82) is 0 Å². The number of para-hydroxylation sites is 1. The maximum atomic E-state index is 10.1. The van der Waals surface area contributed by atoms with Gasteiger partial charge in [-0.05, 0) is 51.9 Å². The Bertz CT molecular complexity index is 510. The lowest BCUT2D eigenvalue weighted by Gasteiger charge is -2.32. The second kappa shape index (κ2) is 5.23. The third-order valence-electron chi connectivity index (χ3n) is 3.96. The zero-order chi connectivity index (χ0) is 14.2. The number of benzene rings is 1. The molecule has 1 aromatic carbocycles. The van der Waals surface area contributed by atoms with Crippen molar-refractivity contribution >= 4 is 0 Å². The number of ether oxygens (including phenoxy) is 1. The van der Waals surface area contributed by atoms with Gasteiger partial charge in [0.15, 0.2) is 0 Å². The predicted octanol–water partition coefficient (Wildman–Crippen LogP) is 3.26. The molecule has 0 radical (unpaired) electrons. The highest BCUT2D eigenvalue weighted by atomic mass is 16.5. The van der Waals surface area contributed by atoms with E-state index in [9.17, 15) is 5.11 Å². The summed E-state index contributed by atoms with van der Waals surface area (Å²) in [7, 11) is 0. The second-order valence-corrected chi connectivity index (χ2v) is 6.34. The van der Waals surface area contributed by atoms with E-state index in [0.29, 0.717) is 0 Å². The summed E-state index contributed by atoms with van der Waals surface area (Å²) in [5.41, 5.74) is 0.371. The number of rotatable bonds is 2. The van der Waals surface area contributed by atoms with E-state index in [0.717, 1.165) is 24.6 Å². The van der Waals surface area contributed by atoms with E-state index in [1.165, 1.54) is 24.8 Å². The van der Waals surface area contributed by atoms with Crippen LogP contribution in [0.2, 0.25) is 0 Å². The van der Waals surface area contributed by atoms with E-state index in [-0.39, 0.29) is 6.04 Å². The van der Waals surface area contributed by atoms with E-state index in [1.54, 1.807) is 13.8 Å². The fourth-order valence-corrected chi connectivity index (χ4v) is 3.15. The standard InChI is InChI=1S/C17H23NO2/c1-17(2,19)12-15-16(18-10-6-3-7-11-18)13-8-4-5-9-14(13)20-15/h4-5,8-9,12,16,19H,3,6-7,10-11H2,1-2H3/b15-12-/t16-/m1/s1. The molecule has 0 spiro atoms. The van der Waals surface area contributed by atoms with Gasteiger partial charge < -0.3 is 9.84 Å². The third kappa shape index (κ3) is 2.74. The molecule has 3 rings (SSSR count). The first-order valence-corrected chi connectivity index (χ1v) is 7.50. The normalized spacial score (nSPS) is 25.6. The number of hydrogen-bond acceptors (Lipinski definition) is 3. The number of hydrogen-bond donors (Lipinski definition) is 1. The first kappa shape index (κ1) is 13.7. The SMILES string of the molecule is CC(C)(O)/C=C1\Oc2ccccc2[C@H]1N1CCCCC1. The van der Waals surface area contributed by atoms with Gasteiger partial charge in [0.2, 0.25) is 0 Å². The largest absolute Gasteiger partial charge is 0.460 e. The molecule has 1 fully saturated rings. The van der Waals surface area contributed by atoms with E-state index >= 15 is 0 Å². The van der Waals surface area contributed by atoms with Crippen molar-refractivity contribution in [3.05, 3.63) is 41.7 Å². The van der Waals surface area contributed by atoms with Crippen molar-refractivity contribution in [2.75, 3.05) is 13.1 Å². The van der Waals surface area contributed by atoms with Crippen LogP contribution in [0.25, 0.3) is 0 Å². The van der Waals surface area contributed by atoms with E-state index in [2.05, 4.69) is 17.0 Å². The zero-order valence-corrected chi connectivity index (χ0v) is 12.3. The van der Waals surface area contributed by atoms with Gasteiger partial charge in [0.1, 0.15) is 11.5 Å². The van der Waals surface area contributed by atoms with Crippen LogP contribution in [0.1, 0.15) is 44.7 Å². The van der Waals surface area contributed by atoms with Crippen molar-refractivity contribution < 1.29 is 9.84 Å². The Morgan fingerprint density at radius 2 is 1.90 bits per heavy atom. The van der Waals surface area contributed by atoms with Crippen molar-refractivity contribution in [3.63, 3.8) is 0 Å². The fraction of sp³-hybridized carbons (Fsp3) is 0.529. The molecular weight excluding hydrogens is 250 g/mol. The lowest BCUT2D eigenvalue weighted by molar-refractivity contribution is 0.122. The number of aliphatic hydroxyl groups is 1. The molecule has 1 N–H and O–H groups in total. The Labute approximate surface area is 120 Å². The van der Waals surface area contributed by atoms with Crippen LogP contribution in [0.3, 0.4) is 0 Å². The summed E-state index contributed by atoms with van der Waals surface area (Å²) in [6.07, 6.45) is 5.66. The zero-order valence-electron chi connectivity index (χ0n) is 12.3. The second-order valence-electron chi connectivity index (χ2n) is 6.34.